The summed E-state index contributed by atoms with van der Waals surface area (Å²) >= 11 is 0. The Morgan fingerprint density at radius 2 is 0.824 bits per heavy atom. The van der Waals surface area contributed by atoms with E-state index in [0.29, 0.717) is 0 Å². The maximum absolute atomic E-state index is 2.51. The van der Waals surface area contributed by atoms with Gasteiger partial charge in [-0.05, 0) is 151 Å². The molecule has 0 aliphatic heterocycles. The number of hydrogen-bond acceptors (Lipinski definition) is 1. The summed E-state index contributed by atoms with van der Waals surface area (Å²) in [5.74, 6) is 0. The molecule has 11 aromatic rings. The lowest BCUT2D eigenvalue weighted by Gasteiger charge is -2.36. The molecule has 12 rings (SSSR count). The molecule has 1 aliphatic rings. The molecule has 0 radical (unpaired) electrons. The highest BCUT2D eigenvalue weighted by Gasteiger charge is 2.49. The minimum atomic E-state index is -0.645. The lowest BCUT2D eigenvalue weighted by atomic mass is 9.65. The molecule has 1 aliphatic carbocycles. The molecule has 1 nitrogen and oxygen atoms in total. The van der Waals surface area contributed by atoms with E-state index in [-0.39, 0.29) is 0 Å². The number of rotatable bonds is 9. The summed E-state index contributed by atoms with van der Waals surface area (Å²) in [7, 11) is 0. The zero-order valence-corrected chi connectivity index (χ0v) is 38.3. The minimum Gasteiger partial charge on any atom is -0.310 e. The lowest BCUT2D eigenvalue weighted by molar-refractivity contribution is 0.761. The van der Waals surface area contributed by atoms with E-state index in [1.54, 1.807) is 0 Å². The Morgan fingerprint density at radius 3 is 1.51 bits per heavy atom. The van der Waals surface area contributed by atoms with Gasteiger partial charge in [0.25, 0.3) is 0 Å². The van der Waals surface area contributed by atoms with Crippen molar-refractivity contribution in [3.05, 3.63) is 294 Å². The van der Waals surface area contributed by atoms with E-state index < -0.39 is 5.41 Å². The van der Waals surface area contributed by atoms with Gasteiger partial charge in [-0.15, -0.1) is 0 Å². The van der Waals surface area contributed by atoms with E-state index in [1.807, 2.05) is 0 Å². The highest BCUT2D eigenvalue weighted by molar-refractivity contribution is 5.99. The van der Waals surface area contributed by atoms with E-state index in [2.05, 4.69) is 280 Å². The zero-order chi connectivity index (χ0) is 45.6. The molecular weight excluding hydrogens is 819 g/mol. The molecule has 0 heterocycles. The molecule has 0 saturated heterocycles. The normalized spacial score (nSPS) is 13.8. The number of nitrogens with zero attached hydrogens (tertiary/aromatic N) is 1. The molecule has 1 unspecified atom stereocenters. The van der Waals surface area contributed by atoms with Crippen molar-refractivity contribution >= 4 is 27.8 Å². The third kappa shape index (κ3) is 6.95. The summed E-state index contributed by atoms with van der Waals surface area (Å²) in [6, 6.07) is 96.2. The van der Waals surface area contributed by atoms with Gasteiger partial charge in [-0.3, -0.25) is 0 Å². The Hall–Kier alpha value is -8.52. The molecule has 0 saturated carbocycles. The van der Waals surface area contributed by atoms with Gasteiger partial charge < -0.3 is 4.90 Å². The van der Waals surface area contributed by atoms with E-state index in [0.717, 1.165) is 17.1 Å². The van der Waals surface area contributed by atoms with Crippen LogP contribution in [-0.4, -0.2) is 0 Å². The summed E-state index contributed by atoms with van der Waals surface area (Å²) in [6.45, 7) is 4.64. The van der Waals surface area contributed by atoms with Gasteiger partial charge in [0.1, 0.15) is 0 Å². The molecule has 1 heteroatoms. The number of fused-ring (bicyclic) bond motifs is 4. The topological polar surface area (TPSA) is 3.24 Å². The molecule has 0 bridgehead atoms. The van der Waals surface area contributed by atoms with Gasteiger partial charge in [0.05, 0.1) is 11.1 Å². The first-order valence-electron chi connectivity index (χ1n) is 23.7. The molecule has 0 fully saturated rings. The van der Waals surface area contributed by atoms with Crippen molar-refractivity contribution in [2.24, 2.45) is 0 Å². The monoisotopic (exact) mass is 867 g/mol. The Bertz CT molecular complexity index is 3610. The second-order valence-corrected chi connectivity index (χ2v) is 18.1. The largest absolute Gasteiger partial charge is 0.310 e. The van der Waals surface area contributed by atoms with Gasteiger partial charge in [-0.1, -0.05) is 218 Å². The second kappa shape index (κ2) is 17.0. The van der Waals surface area contributed by atoms with Gasteiger partial charge in [0, 0.05) is 16.9 Å². The van der Waals surface area contributed by atoms with Crippen molar-refractivity contribution in [2.45, 2.75) is 19.3 Å². The van der Waals surface area contributed by atoms with Crippen LogP contribution in [0.25, 0.3) is 66.4 Å². The Morgan fingerprint density at radius 1 is 0.324 bits per heavy atom. The standard InChI is InChI=1S/C67H49N/c1-46-42-64(68(61-29-17-27-56(45-61)50-22-10-5-11-23-50)60-40-36-53(37-41-60)57-33-32-51-24-12-13-25-54(51)43-57)65-62-30-14-15-31-63(62)67(66(65)47(46)2,58-38-34-52(35-39-58)48-18-6-3-7-19-48)59-28-16-26-55(44-59)49-20-8-4-9-21-49/h3-45H,1-2H3. The third-order valence-corrected chi connectivity index (χ3v) is 14.3. The molecule has 322 valence electrons. The van der Waals surface area contributed by atoms with Gasteiger partial charge >= 0.3 is 0 Å². The van der Waals surface area contributed by atoms with Gasteiger partial charge in [0.2, 0.25) is 0 Å². The smallest absolute Gasteiger partial charge is 0.0717 e. The SMILES string of the molecule is Cc1cc(N(c2ccc(-c3ccc4ccccc4c3)cc2)c2cccc(-c3ccccc3)c2)c2c(c1C)C(c1ccc(-c3ccccc3)cc1)(c1cccc(-c3ccccc3)c1)c1ccccc1-2. The van der Waals surface area contributed by atoms with Crippen LogP contribution in [-0.2, 0) is 5.41 Å². The van der Waals surface area contributed by atoms with E-state index in [4.69, 9.17) is 0 Å². The number of hydrogen-bond donors (Lipinski definition) is 0. The molecular formula is C67H49N. The Balaban J connectivity index is 1.13. The Labute approximate surface area is 399 Å². The summed E-state index contributed by atoms with van der Waals surface area (Å²) in [5.41, 5.74) is 22.4. The first-order valence-corrected chi connectivity index (χ1v) is 23.7. The van der Waals surface area contributed by atoms with Crippen molar-refractivity contribution in [3.8, 4) is 55.6 Å². The van der Waals surface area contributed by atoms with Crippen LogP contribution < -0.4 is 4.90 Å². The number of aryl methyl sites for hydroxylation is 1. The zero-order valence-electron chi connectivity index (χ0n) is 38.3. The predicted molar refractivity (Wildman–Crippen MR) is 287 cm³/mol. The fourth-order valence-corrected chi connectivity index (χ4v) is 10.9. The molecule has 1 atom stereocenters. The fourth-order valence-electron chi connectivity index (χ4n) is 10.9. The molecule has 68 heavy (non-hydrogen) atoms. The van der Waals surface area contributed by atoms with Gasteiger partial charge in [-0.25, -0.2) is 0 Å². The maximum Gasteiger partial charge on any atom is 0.0717 e. The van der Waals surface area contributed by atoms with Crippen molar-refractivity contribution in [1.82, 2.24) is 0 Å². The summed E-state index contributed by atoms with van der Waals surface area (Å²) in [6.07, 6.45) is 0. The van der Waals surface area contributed by atoms with Crippen LogP contribution >= 0.6 is 0 Å². The van der Waals surface area contributed by atoms with Crippen LogP contribution in [0.15, 0.2) is 261 Å². The van der Waals surface area contributed by atoms with Crippen LogP contribution in [0.2, 0.25) is 0 Å². The van der Waals surface area contributed by atoms with Crippen LogP contribution in [0.4, 0.5) is 17.1 Å². The molecule has 11 aromatic carbocycles. The van der Waals surface area contributed by atoms with Crippen LogP contribution in [0.5, 0.6) is 0 Å². The van der Waals surface area contributed by atoms with Crippen molar-refractivity contribution in [3.63, 3.8) is 0 Å². The molecule has 0 spiro atoms. The number of benzene rings is 11. The van der Waals surface area contributed by atoms with Crippen LogP contribution in [0.1, 0.15) is 33.4 Å². The first kappa shape index (κ1) is 40.9. The average Bonchev–Trinajstić information content (AvgIpc) is 3.73. The van der Waals surface area contributed by atoms with Crippen LogP contribution in [0, 0.1) is 13.8 Å². The predicted octanol–water partition coefficient (Wildman–Crippen LogP) is 18.0. The first-order chi connectivity index (χ1) is 33.5. The maximum atomic E-state index is 2.51. The van der Waals surface area contributed by atoms with Crippen LogP contribution in [0.3, 0.4) is 0 Å². The van der Waals surface area contributed by atoms with Gasteiger partial charge in [-0.2, -0.15) is 0 Å². The number of anilines is 3. The van der Waals surface area contributed by atoms with Crippen molar-refractivity contribution < 1.29 is 0 Å². The van der Waals surface area contributed by atoms with Gasteiger partial charge in [0.15, 0.2) is 0 Å². The molecule has 0 aromatic heterocycles. The average molecular weight is 868 g/mol. The van der Waals surface area contributed by atoms with E-state index in [1.165, 1.54) is 99.8 Å². The van der Waals surface area contributed by atoms with Crippen molar-refractivity contribution in [2.75, 3.05) is 4.90 Å². The second-order valence-electron chi connectivity index (χ2n) is 18.1. The molecule has 0 N–H and O–H groups in total. The van der Waals surface area contributed by atoms with E-state index >= 15 is 0 Å². The fraction of sp³-hybridized carbons (Fsp3) is 0.0448. The summed E-state index contributed by atoms with van der Waals surface area (Å²) in [5, 5.41) is 2.49. The third-order valence-electron chi connectivity index (χ3n) is 14.3. The molecule has 0 amide bonds. The summed E-state index contributed by atoms with van der Waals surface area (Å²) < 4.78 is 0. The highest BCUT2D eigenvalue weighted by atomic mass is 15.1. The van der Waals surface area contributed by atoms with Crippen molar-refractivity contribution in [1.29, 1.82) is 0 Å². The lowest BCUT2D eigenvalue weighted by Crippen LogP contribution is -2.30. The van der Waals surface area contributed by atoms with E-state index in [9.17, 15) is 0 Å². The highest BCUT2D eigenvalue weighted by Crippen LogP contribution is 2.61. The summed E-state index contributed by atoms with van der Waals surface area (Å²) in [4.78, 5) is 2.51. The Kier molecular flexibility index (Phi) is 10.3. The minimum absolute atomic E-state index is 0.645. The quantitative estimate of drug-likeness (QED) is 0.140.